The number of hydrogen-bond acceptors (Lipinski definition) is 3. The van der Waals surface area contributed by atoms with Crippen LogP contribution in [0, 0.1) is 0 Å². The quantitative estimate of drug-likeness (QED) is 0.814. The second kappa shape index (κ2) is 5.78. The van der Waals surface area contributed by atoms with E-state index in [2.05, 4.69) is 20.9 Å². The van der Waals surface area contributed by atoms with Gasteiger partial charge in [-0.15, -0.1) is 0 Å². The molecule has 0 atom stereocenters. The molecule has 0 spiro atoms. The molecule has 92 valence electrons. The van der Waals surface area contributed by atoms with Gasteiger partial charge in [-0.05, 0) is 23.8 Å². The summed E-state index contributed by atoms with van der Waals surface area (Å²) in [4.78, 5) is 16.0. The van der Waals surface area contributed by atoms with Crippen LogP contribution in [-0.4, -0.2) is 17.9 Å². The molecule has 2 rings (SSSR count). The minimum Gasteiger partial charge on any atom is -0.495 e. The molecule has 18 heavy (non-hydrogen) atoms. The van der Waals surface area contributed by atoms with Gasteiger partial charge in [0.05, 0.1) is 13.3 Å². The molecule has 2 aromatic rings. The first kappa shape index (κ1) is 12.8. The normalized spacial score (nSPS) is 10.1. The van der Waals surface area contributed by atoms with E-state index in [1.165, 1.54) is 0 Å². The topological polar surface area (TPSA) is 39.2 Å². The lowest BCUT2D eigenvalue weighted by Crippen LogP contribution is -2.04. The summed E-state index contributed by atoms with van der Waals surface area (Å²) in [6, 6.07) is 9.40. The highest BCUT2D eigenvalue weighted by Gasteiger charge is 2.08. The monoisotopic (exact) mass is 305 g/mol. The SMILES string of the molecule is COc1cncc(C(=O)Cc2ccc(Br)cc2)c1. The van der Waals surface area contributed by atoms with Crippen LogP contribution in [0.25, 0.3) is 0 Å². The van der Waals surface area contributed by atoms with Gasteiger partial charge in [-0.2, -0.15) is 0 Å². The van der Waals surface area contributed by atoms with Crippen molar-refractivity contribution in [2.75, 3.05) is 7.11 Å². The number of halogens is 1. The van der Waals surface area contributed by atoms with Crippen molar-refractivity contribution in [3.8, 4) is 5.75 Å². The molecule has 0 saturated heterocycles. The third-order valence-corrected chi connectivity index (χ3v) is 3.08. The zero-order valence-corrected chi connectivity index (χ0v) is 11.5. The number of hydrogen-bond donors (Lipinski definition) is 0. The first-order valence-corrected chi connectivity index (χ1v) is 6.25. The van der Waals surface area contributed by atoms with Crippen LogP contribution < -0.4 is 4.74 Å². The zero-order chi connectivity index (χ0) is 13.0. The van der Waals surface area contributed by atoms with E-state index in [-0.39, 0.29) is 5.78 Å². The molecule has 0 amide bonds. The Bertz CT molecular complexity index is 552. The fourth-order valence-corrected chi connectivity index (χ4v) is 1.84. The number of carbonyl (C=O) groups is 1. The van der Waals surface area contributed by atoms with E-state index in [1.807, 2.05) is 24.3 Å². The molecule has 0 bridgehead atoms. The van der Waals surface area contributed by atoms with Crippen molar-refractivity contribution in [1.82, 2.24) is 4.98 Å². The van der Waals surface area contributed by atoms with Gasteiger partial charge in [0.1, 0.15) is 5.75 Å². The number of nitrogens with zero attached hydrogens (tertiary/aromatic N) is 1. The number of carbonyl (C=O) groups excluding carboxylic acids is 1. The van der Waals surface area contributed by atoms with Crippen LogP contribution in [-0.2, 0) is 6.42 Å². The fourth-order valence-electron chi connectivity index (χ4n) is 1.57. The number of pyridine rings is 1. The molecule has 4 heteroatoms. The van der Waals surface area contributed by atoms with Gasteiger partial charge < -0.3 is 4.74 Å². The fraction of sp³-hybridized carbons (Fsp3) is 0.143. The predicted molar refractivity (Wildman–Crippen MR) is 73.0 cm³/mol. The molecular weight excluding hydrogens is 294 g/mol. The Kier molecular flexibility index (Phi) is 4.10. The summed E-state index contributed by atoms with van der Waals surface area (Å²) >= 11 is 3.36. The number of Topliss-reactive ketones (excluding diaryl/α,β-unsaturated/α-hetero) is 1. The predicted octanol–water partition coefficient (Wildman–Crippen LogP) is 3.28. The third kappa shape index (κ3) is 3.17. The van der Waals surface area contributed by atoms with Crippen LogP contribution in [0.4, 0.5) is 0 Å². The molecule has 0 unspecified atom stereocenters. The Labute approximate surface area is 114 Å². The minimum atomic E-state index is 0.0312. The van der Waals surface area contributed by atoms with E-state index in [4.69, 9.17) is 4.74 Å². The van der Waals surface area contributed by atoms with Crippen molar-refractivity contribution in [3.63, 3.8) is 0 Å². The van der Waals surface area contributed by atoms with E-state index in [0.29, 0.717) is 17.7 Å². The summed E-state index contributed by atoms with van der Waals surface area (Å²) in [5, 5.41) is 0. The van der Waals surface area contributed by atoms with Crippen LogP contribution in [0.5, 0.6) is 5.75 Å². The molecule has 0 radical (unpaired) electrons. The average molecular weight is 306 g/mol. The number of rotatable bonds is 4. The summed E-state index contributed by atoms with van der Waals surface area (Å²) in [5.41, 5.74) is 1.54. The number of methoxy groups -OCH3 is 1. The molecule has 0 fully saturated rings. The molecule has 0 saturated carbocycles. The van der Waals surface area contributed by atoms with Gasteiger partial charge in [0.15, 0.2) is 5.78 Å². The van der Waals surface area contributed by atoms with Gasteiger partial charge in [0.2, 0.25) is 0 Å². The van der Waals surface area contributed by atoms with Crippen molar-refractivity contribution in [2.45, 2.75) is 6.42 Å². The maximum absolute atomic E-state index is 12.1. The number of ketones is 1. The van der Waals surface area contributed by atoms with E-state index >= 15 is 0 Å². The van der Waals surface area contributed by atoms with Crippen molar-refractivity contribution in [3.05, 3.63) is 58.3 Å². The van der Waals surface area contributed by atoms with E-state index in [9.17, 15) is 4.79 Å². The Hall–Kier alpha value is -1.68. The van der Waals surface area contributed by atoms with Gasteiger partial charge in [0.25, 0.3) is 0 Å². The summed E-state index contributed by atoms with van der Waals surface area (Å²) in [6.07, 6.45) is 3.50. The lowest BCUT2D eigenvalue weighted by atomic mass is 10.0. The summed E-state index contributed by atoms with van der Waals surface area (Å²) in [5.74, 6) is 0.625. The smallest absolute Gasteiger partial charge is 0.168 e. The highest BCUT2D eigenvalue weighted by atomic mass is 79.9. The lowest BCUT2D eigenvalue weighted by Gasteiger charge is -2.03. The van der Waals surface area contributed by atoms with Gasteiger partial charge in [-0.25, -0.2) is 0 Å². The molecule has 0 aliphatic carbocycles. The number of aromatic nitrogens is 1. The average Bonchev–Trinajstić information content (AvgIpc) is 2.41. The van der Waals surface area contributed by atoms with E-state index in [0.717, 1.165) is 10.0 Å². The minimum absolute atomic E-state index is 0.0312. The largest absolute Gasteiger partial charge is 0.495 e. The van der Waals surface area contributed by atoms with Crippen LogP contribution in [0.2, 0.25) is 0 Å². The van der Waals surface area contributed by atoms with E-state index in [1.54, 1.807) is 25.6 Å². The number of benzene rings is 1. The first-order valence-electron chi connectivity index (χ1n) is 5.46. The molecule has 1 aromatic carbocycles. The van der Waals surface area contributed by atoms with Gasteiger partial charge in [-0.3, -0.25) is 9.78 Å². The van der Waals surface area contributed by atoms with E-state index < -0.39 is 0 Å². The Morgan fingerprint density at radius 2 is 2.00 bits per heavy atom. The Morgan fingerprint density at radius 3 is 2.67 bits per heavy atom. The third-order valence-electron chi connectivity index (χ3n) is 2.55. The summed E-state index contributed by atoms with van der Waals surface area (Å²) < 4.78 is 6.05. The van der Waals surface area contributed by atoms with Gasteiger partial charge in [0, 0.05) is 22.7 Å². The summed E-state index contributed by atoms with van der Waals surface area (Å²) in [6.45, 7) is 0. The second-order valence-corrected chi connectivity index (χ2v) is 4.76. The zero-order valence-electron chi connectivity index (χ0n) is 9.89. The molecule has 0 aliphatic heterocycles. The first-order chi connectivity index (χ1) is 8.69. The molecule has 1 aromatic heterocycles. The molecule has 0 aliphatic rings. The van der Waals surface area contributed by atoms with Crippen molar-refractivity contribution in [2.24, 2.45) is 0 Å². The standard InChI is InChI=1S/C14H12BrNO2/c1-18-13-7-11(8-16-9-13)14(17)6-10-2-4-12(15)5-3-10/h2-5,7-9H,6H2,1H3. The Balaban J connectivity index is 2.14. The summed E-state index contributed by atoms with van der Waals surface area (Å²) in [7, 11) is 1.56. The van der Waals surface area contributed by atoms with Gasteiger partial charge in [-0.1, -0.05) is 28.1 Å². The lowest BCUT2D eigenvalue weighted by molar-refractivity contribution is 0.0992. The van der Waals surface area contributed by atoms with Crippen molar-refractivity contribution >= 4 is 21.7 Å². The Morgan fingerprint density at radius 1 is 1.28 bits per heavy atom. The van der Waals surface area contributed by atoms with Crippen molar-refractivity contribution in [1.29, 1.82) is 0 Å². The van der Waals surface area contributed by atoms with Gasteiger partial charge >= 0.3 is 0 Å². The van der Waals surface area contributed by atoms with Crippen molar-refractivity contribution < 1.29 is 9.53 Å². The number of ether oxygens (including phenoxy) is 1. The van der Waals surface area contributed by atoms with Crippen LogP contribution in [0.15, 0.2) is 47.2 Å². The highest BCUT2D eigenvalue weighted by Crippen LogP contribution is 2.15. The van der Waals surface area contributed by atoms with Crippen LogP contribution in [0.3, 0.4) is 0 Å². The highest BCUT2D eigenvalue weighted by molar-refractivity contribution is 9.10. The second-order valence-electron chi connectivity index (χ2n) is 3.84. The molecule has 1 heterocycles. The molecule has 3 nitrogen and oxygen atoms in total. The maximum atomic E-state index is 12.1. The van der Waals surface area contributed by atoms with Crippen LogP contribution >= 0.6 is 15.9 Å². The maximum Gasteiger partial charge on any atom is 0.168 e. The molecule has 0 N–H and O–H groups in total. The van der Waals surface area contributed by atoms with Crippen LogP contribution in [0.1, 0.15) is 15.9 Å². The molecular formula is C14H12BrNO2.